The van der Waals surface area contributed by atoms with Gasteiger partial charge in [-0.05, 0) is 29.7 Å². The predicted molar refractivity (Wildman–Crippen MR) is 94.0 cm³/mol. The molecule has 0 aromatic heterocycles. The van der Waals surface area contributed by atoms with Crippen molar-refractivity contribution < 1.29 is 22.8 Å². The van der Waals surface area contributed by atoms with E-state index < -0.39 is 18.0 Å². The molecule has 1 aliphatic rings. The van der Waals surface area contributed by atoms with Crippen LogP contribution in [0.15, 0.2) is 48.5 Å². The summed E-state index contributed by atoms with van der Waals surface area (Å²) in [7, 11) is 0. The highest BCUT2D eigenvalue weighted by molar-refractivity contribution is 5.88. The number of fused-ring (bicyclic) bond motifs is 2. The normalized spacial score (nSPS) is 15.3. The quantitative estimate of drug-likeness (QED) is 0.838. The minimum atomic E-state index is -4.95. The number of Topliss-reactive ketones (excluding diaryl/α,β-unsaturated/α-hetero) is 1. The number of rotatable bonds is 4. The summed E-state index contributed by atoms with van der Waals surface area (Å²) in [6.45, 7) is -0.358. The van der Waals surface area contributed by atoms with Gasteiger partial charge in [0.15, 0.2) is 0 Å². The number of halogens is 3. The second-order valence-corrected chi connectivity index (χ2v) is 6.22. The van der Waals surface area contributed by atoms with E-state index in [-0.39, 0.29) is 18.7 Å². The first-order valence-electron chi connectivity index (χ1n) is 8.43. The van der Waals surface area contributed by atoms with Crippen LogP contribution < -0.4 is 5.32 Å². The SMILES string of the molecule is O=C(CCNC(=O)C(F)(F)F)C1Cc2ccccc2C#Cc2ccccc21. The van der Waals surface area contributed by atoms with Gasteiger partial charge < -0.3 is 5.32 Å². The first kappa shape index (κ1) is 18.7. The van der Waals surface area contributed by atoms with Crippen LogP contribution in [0.4, 0.5) is 13.2 Å². The molecule has 0 heterocycles. The van der Waals surface area contributed by atoms with Gasteiger partial charge >= 0.3 is 12.1 Å². The number of amides is 1. The van der Waals surface area contributed by atoms with Gasteiger partial charge in [-0.3, -0.25) is 9.59 Å². The number of ketones is 1. The number of nitrogens with one attached hydrogen (secondary N) is 1. The van der Waals surface area contributed by atoms with Crippen LogP contribution in [-0.2, 0) is 16.0 Å². The predicted octanol–water partition coefficient (Wildman–Crippen LogP) is 3.36. The number of carbonyl (C=O) groups excluding carboxylic acids is 2. The van der Waals surface area contributed by atoms with Gasteiger partial charge in [-0.2, -0.15) is 13.2 Å². The van der Waals surface area contributed by atoms with Crippen LogP contribution in [0.1, 0.15) is 34.6 Å². The highest BCUT2D eigenvalue weighted by Crippen LogP contribution is 2.29. The number of benzene rings is 2. The van der Waals surface area contributed by atoms with Gasteiger partial charge in [-0.15, -0.1) is 0 Å². The Morgan fingerprint density at radius 1 is 1.00 bits per heavy atom. The Kier molecular flexibility index (Phi) is 5.31. The summed E-state index contributed by atoms with van der Waals surface area (Å²) in [6.07, 6.45) is -4.73. The monoisotopic (exact) mass is 371 g/mol. The minimum Gasteiger partial charge on any atom is -0.348 e. The van der Waals surface area contributed by atoms with Gasteiger partial charge in [0.2, 0.25) is 0 Å². The van der Waals surface area contributed by atoms with Crippen molar-refractivity contribution in [2.45, 2.75) is 24.9 Å². The lowest BCUT2D eigenvalue weighted by Crippen LogP contribution is -2.38. The first-order chi connectivity index (χ1) is 12.9. The zero-order chi connectivity index (χ0) is 19.4. The molecule has 0 radical (unpaired) electrons. The molecule has 0 bridgehead atoms. The van der Waals surface area contributed by atoms with Crippen molar-refractivity contribution in [2.75, 3.05) is 6.54 Å². The molecule has 1 unspecified atom stereocenters. The van der Waals surface area contributed by atoms with Crippen molar-refractivity contribution >= 4 is 11.7 Å². The second kappa shape index (κ2) is 7.67. The fraction of sp³-hybridized carbons (Fsp3) is 0.238. The third-order valence-corrected chi connectivity index (χ3v) is 4.41. The molecule has 138 valence electrons. The summed E-state index contributed by atoms with van der Waals surface area (Å²) >= 11 is 0. The molecule has 0 fully saturated rings. The number of alkyl halides is 3. The van der Waals surface area contributed by atoms with Crippen LogP contribution in [0.5, 0.6) is 0 Å². The van der Waals surface area contributed by atoms with E-state index in [2.05, 4.69) is 11.8 Å². The lowest BCUT2D eigenvalue weighted by atomic mass is 9.82. The average molecular weight is 371 g/mol. The number of carbonyl (C=O) groups is 2. The van der Waals surface area contributed by atoms with Crippen LogP contribution >= 0.6 is 0 Å². The van der Waals surface area contributed by atoms with Crippen molar-refractivity contribution in [3.8, 4) is 11.8 Å². The molecule has 0 saturated carbocycles. The van der Waals surface area contributed by atoms with Crippen LogP contribution in [-0.4, -0.2) is 24.4 Å². The summed E-state index contributed by atoms with van der Waals surface area (Å²) in [4.78, 5) is 23.7. The van der Waals surface area contributed by atoms with Crippen molar-refractivity contribution in [3.05, 3.63) is 70.8 Å². The van der Waals surface area contributed by atoms with E-state index in [1.165, 1.54) is 0 Å². The Morgan fingerprint density at radius 2 is 1.63 bits per heavy atom. The van der Waals surface area contributed by atoms with E-state index >= 15 is 0 Å². The second-order valence-electron chi connectivity index (χ2n) is 6.22. The Balaban J connectivity index is 1.83. The molecule has 3 nitrogen and oxygen atoms in total. The molecule has 1 aliphatic carbocycles. The van der Waals surface area contributed by atoms with Crippen LogP contribution in [0.3, 0.4) is 0 Å². The summed E-state index contributed by atoms with van der Waals surface area (Å²) in [5.74, 6) is 3.39. The largest absolute Gasteiger partial charge is 0.471 e. The summed E-state index contributed by atoms with van der Waals surface area (Å²) in [5.41, 5.74) is 3.23. The maximum absolute atomic E-state index is 12.8. The maximum atomic E-state index is 12.8. The van der Waals surface area contributed by atoms with Crippen molar-refractivity contribution in [1.82, 2.24) is 5.32 Å². The molecule has 0 spiro atoms. The summed E-state index contributed by atoms with van der Waals surface area (Å²) in [5, 5.41) is 1.75. The summed E-state index contributed by atoms with van der Waals surface area (Å²) < 4.78 is 36.8. The molecule has 0 saturated heterocycles. The van der Waals surface area contributed by atoms with Crippen molar-refractivity contribution in [3.63, 3.8) is 0 Å². The van der Waals surface area contributed by atoms with Crippen LogP contribution in [0.25, 0.3) is 0 Å². The maximum Gasteiger partial charge on any atom is 0.471 e. The average Bonchev–Trinajstić information content (AvgIpc) is 2.62. The number of hydrogen-bond acceptors (Lipinski definition) is 2. The van der Waals surface area contributed by atoms with E-state index in [1.807, 2.05) is 42.5 Å². The standard InChI is InChI=1S/C21H16F3NO2/c22-21(23,24)20(27)25-12-11-19(26)18-13-16-7-2-1-5-14(16)9-10-15-6-3-4-8-17(15)18/h1-8,18H,11-13H2,(H,25,27). The first-order valence-corrected chi connectivity index (χ1v) is 8.43. The molecular formula is C21H16F3NO2. The molecule has 1 N–H and O–H groups in total. The third-order valence-electron chi connectivity index (χ3n) is 4.41. The van der Waals surface area contributed by atoms with Gasteiger partial charge in [-0.1, -0.05) is 48.2 Å². The zero-order valence-electron chi connectivity index (χ0n) is 14.3. The van der Waals surface area contributed by atoms with E-state index in [1.54, 1.807) is 11.4 Å². The smallest absolute Gasteiger partial charge is 0.348 e. The topological polar surface area (TPSA) is 46.2 Å². The van der Waals surface area contributed by atoms with Crippen LogP contribution in [0.2, 0.25) is 0 Å². The number of hydrogen-bond donors (Lipinski definition) is 1. The minimum absolute atomic E-state index is 0.184. The highest BCUT2D eigenvalue weighted by atomic mass is 19.4. The lowest BCUT2D eigenvalue weighted by Gasteiger charge is -2.20. The molecule has 3 rings (SSSR count). The molecule has 1 amide bonds. The third kappa shape index (κ3) is 4.37. The van der Waals surface area contributed by atoms with E-state index in [9.17, 15) is 22.8 Å². The van der Waals surface area contributed by atoms with Gasteiger partial charge in [0.1, 0.15) is 5.78 Å². The molecule has 2 aromatic carbocycles. The Labute approximate surface area is 154 Å². The van der Waals surface area contributed by atoms with Gasteiger partial charge in [0.05, 0.1) is 0 Å². The van der Waals surface area contributed by atoms with Gasteiger partial charge in [0.25, 0.3) is 0 Å². The van der Waals surface area contributed by atoms with Crippen molar-refractivity contribution in [1.29, 1.82) is 0 Å². The van der Waals surface area contributed by atoms with Gasteiger partial charge in [0, 0.05) is 30.0 Å². The summed E-state index contributed by atoms with van der Waals surface area (Å²) in [6, 6.07) is 14.8. The van der Waals surface area contributed by atoms with Crippen LogP contribution in [0, 0.1) is 11.8 Å². The zero-order valence-corrected chi connectivity index (χ0v) is 14.3. The van der Waals surface area contributed by atoms with E-state index in [0.717, 1.165) is 22.3 Å². The van der Waals surface area contributed by atoms with E-state index in [4.69, 9.17) is 0 Å². The molecule has 0 aliphatic heterocycles. The Morgan fingerprint density at radius 3 is 2.37 bits per heavy atom. The van der Waals surface area contributed by atoms with E-state index in [0.29, 0.717) is 6.42 Å². The molecule has 2 aromatic rings. The van der Waals surface area contributed by atoms with Gasteiger partial charge in [-0.25, -0.2) is 0 Å². The molecule has 27 heavy (non-hydrogen) atoms. The molecule has 1 atom stereocenters. The fourth-order valence-corrected chi connectivity index (χ4v) is 3.06. The van der Waals surface area contributed by atoms with Crippen molar-refractivity contribution in [2.24, 2.45) is 0 Å². The Hall–Kier alpha value is -3.07. The molecular weight excluding hydrogens is 355 g/mol. The molecule has 6 heteroatoms. The Bertz CT molecular complexity index is 938. The fourth-order valence-electron chi connectivity index (χ4n) is 3.06. The highest BCUT2D eigenvalue weighted by Gasteiger charge is 2.38. The lowest BCUT2D eigenvalue weighted by molar-refractivity contribution is -0.173.